The first kappa shape index (κ1) is 16.6. The van der Waals surface area contributed by atoms with Crippen molar-refractivity contribution in [2.75, 3.05) is 19.0 Å². The van der Waals surface area contributed by atoms with E-state index in [9.17, 15) is 4.79 Å². The highest BCUT2D eigenvalue weighted by Crippen LogP contribution is 2.26. The van der Waals surface area contributed by atoms with Gasteiger partial charge in [-0.25, -0.2) is 4.79 Å². The summed E-state index contributed by atoms with van der Waals surface area (Å²) in [6.45, 7) is 4.00. The van der Waals surface area contributed by atoms with Crippen LogP contribution in [-0.4, -0.2) is 30.9 Å². The Hall–Kier alpha value is -1.46. The van der Waals surface area contributed by atoms with Gasteiger partial charge in [-0.15, -0.1) is 0 Å². The number of amides is 2. The van der Waals surface area contributed by atoms with E-state index in [1.54, 1.807) is 25.3 Å². The molecule has 20 heavy (non-hydrogen) atoms. The molecule has 0 aliphatic heterocycles. The molecule has 3 N–H and O–H groups in total. The minimum atomic E-state index is -0.354. The van der Waals surface area contributed by atoms with E-state index in [2.05, 4.69) is 10.6 Å². The Morgan fingerprint density at radius 3 is 2.70 bits per heavy atom. The molecule has 1 unspecified atom stereocenters. The Balaban J connectivity index is 2.70. The molecule has 0 bridgehead atoms. The Kier molecular flexibility index (Phi) is 6.61. The average Bonchev–Trinajstić information content (AvgIpc) is 2.40. The number of rotatable bonds is 6. The number of ether oxygens (including phenoxy) is 1. The van der Waals surface area contributed by atoms with Crippen molar-refractivity contribution in [2.24, 2.45) is 5.92 Å². The molecule has 0 heterocycles. The third kappa shape index (κ3) is 4.90. The largest absolute Gasteiger partial charge is 0.497 e. The van der Waals surface area contributed by atoms with Crippen molar-refractivity contribution in [3.05, 3.63) is 23.2 Å². The lowest BCUT2D eigenvalue weighted by Gasteiger charge is -2.22. The molecule has 0 aliphatic carbocycles. The van der Waals surface area contributed by atoms with Crippen molar-refractivity contribution in [2.45, 2.75) is 26.3 Å². The number of anilines is 1. The van der Waals surface area contributed by atoms with Crippen molar-refractivity contribution in [1.82, 2.24) is 5.32 Å². The van der Waals surface area contributed by atoms with Gasteiger partial charge in [0.25, 0.3) is 0 Å². The molecular formula is C14H21ClN2O3. The minimum Gasteiger partial charge on any atom is -0.497 e. The molecule has 1 atom stereocenters. The van der Waals surface area contributed by atoms with Gasteiger partial charge < -0.3 is 20.5 Å². The Labute approximate surface area is 124 Å². The number of hydrogen-bond donors (Lipinski definition) is 3. The van der Waals surface area contributed by atoms with Gasteiger partial charge in [0.1, 0.15) is 5.75 Å². The molecule has 1 aromatic carbocycles. The van der Waals surface area contributed by atoms with Crippen LogP contribution in [0.2, 0.25) is 5.02 Å². The molecule has 0 aromatic heterocycles. The number of hydrogen-bond acceptors (Lipinski definition) is 3. The number of methoxy groups -OCH3 is 1. The van der Waals surface area contributed by atoms with Gasteiger partial charge >= 0.3 is 6.03 Å². The van der Waals surface area contributed by atoms with E-state index in [0.29, 0.717) is 22.9 Å². The van der Waals surface area contributed by atoms with Gasteiger partial charge in [0.05, 0.1) is 17.8 Å². The fraction of sp³-hybridized carbons (Fsp3) is 0.500. The number of nitrogens with one attached hydrogen (secondary N) is 2. The second kappa shape index (κ2) is 7.97. The summed E-state index contributed by atoms with van der Waals surface area (Å²) < 4.78 is 5.09. The number of aliphatic hydroxyl groups is 1. The van der Waals surface area contributed by atoms with E-state index in [1.807, 2.05) is 13.8 Å². The maximum Gasteiger partial charge on any atom is 0.319 e. The van der Waals surface area contributed by atoms with Gasteiger partial charge in [0.2, 0.25) is 0 Å². The van der Waals surface area contributed by atoms with Crippen LogP contribution in [0.5, 0.6) is 5.75 Å². The molecule has 112 valence electrons. The zero-order valence-electron chi connectivity index (χ0n) is 11.9. The Morgan fingerprint density at radius 1 is 1.45 bits per heavy atom. The maximum absolute atomic E-state index is 12.0. The predicted octanol–water partition coefficient (Wildman–Crippen LogP) is 2.88. The lowest BCUT2D eigenvalue weighted by molar-refractivity contribution is 0.227. The molecule has 0 aliphatic rings. The Morgan fingerprint density at radius 2 is 2.15 bits per heavy atom. The van der Waals surface area contributed by atoms with Crippen molar-refractivity contribution in [3.8, 4) is 5.75 Å². The summed E-state index contributed by atoms with van der Waals surface area (Å²) >= 11 is 6.02. The summed E-state index contributed by atoms with van der Waals surface area (Å²) in [5.74, 6) is 0.842. The summed E-state index contributed by atoms with van der Waals surface area (Å²) in [6, 6.07) is 4.58. The van der Waals surface area contributed by atoms with Gasteiger partial charge in [0, 0.05) is 18.7 Å². The summed E-state index contributed by atoms with van der Waals surface area (Å²) in [7, 11) is 1.54. The second-order valence-corrected chi connectivity index (χ2v) is 5.21. The quantitative estimate of drug-likeness (QED) is 0.756. The van der Waals surface area contributed by atoms with Gasteiger partial charge in [0.15, 0.2) is 0 Å². The fourth-order valence-corrected chi connectivity index (χ4v) is 1.93. The predicted molar refractivity (Wildman–Crippen MR) is 80.5 cm³/mol. The molecule has 1 rings (SSSR count). The topological polar surface area (TPSA) is 70.6 Å². The molecule has 5 nitrogen and oxygen atoms in total. The number of urea groups is 1. The fourth-order valence-electron chi connectivity index (χ4n) is 1.77. The molecule has 0 saturated carbocycles. The van der Waals surface area contributed by atoms with Crippen molar-refractivity contribution in [1.29, 1.82) is 0 Å². The van der Waals surface area contributed by atoms with Crippen LogP contribution < -0.4 is 15.4 Å². The van der Waals surface area contributed by atoms with E-state index in [1.165, 1.54) is 0 Å². The van der Waals surface area contributed by atoms with Crippen LogP contribution in [0.4, 0.5) is 10.5 Å². The summed E-state index contributed by atoms with van der Waals surface area (Å²) in [4.78, 5) is 12.0. The van der Waals surface area contributed by atoms with Gasteiger partial charge in [-0.1, -0.05) is 25.4 Å². The second-order valence-electron chi connectivity index (χ2n) is 4.81. The number of halogens is 1. The summed E-state index contributed by atoms with van der Waals surface area (Å²) in [5.41, 5.74) is 0.482. The molecular weight excluding hydrogens is 280 g/mol. The summed E-state index contributed by atoms with van der Waals surface area (Å²) in [6.07, 6.45) is 0.511. The van der Waals surface area contributed by atoms with Crippen LogP contribution >= 0.6 is 11.6 Å². The molecule has 0 saturated heterocycles. The van der Waals surface area contributed by atoms with Crippen LogP contribution in [0.3, 0.4) is 0 Å². The normalized spacial score (nSPS) is 12.1. The lowest BCUT2D eigenvalue weighted by atomic mass is 10.0. The maximum atomic E-state index is 12.0. The zero-order valence-corrected chi connectivity index (χ0v) is 12.7. The summed E-state index contributed by atoms with van der Waals surface area (Å²) in [5, 5.41) is 14.9. The first-order chi connectivity index (χ1) is 9.47. The third-order valence-corrected chi connectivity index (χ3v) is 3.31. The van der Waals surface area contributed by atoms with Crippen molar-refractivity contribution < 1.29 is 14.6 Å². The number of carbonyl (C=O) groups is 1. The number of carbonyl (C=O) groups excluding carboxylic acids is 1. The number of aliphatic hydroxyl groups excluding tert-OH is 1. The van der Waals surface area contributed by atoms with E-state index in [-0.39, 0.29) is 24.6 Å². The zero-order chi connectivity index (χ0) is 15.1. The highest BCUT2D eigenvalue weighted by atomic mass is 35.5. The molecule has 0 radical (unpaired) electrons. The van der Waals surface area contributed by atoms with E-state index in [4.69, 9.17) is 21.4 Å². The van der Waals surface area contributed by atoms with Crippen LogP contribution in [0.25, 0.3) is 0 Å². The minimum absolute atomic E-state index is 0.0308. The highest BCUT2D eigenvalue weighted by Gasteiger charge is 2.16. The van der Waals surface area contributed by atoms with Gasteiger partial charge in [-0.05, 0) is 24.5 Å². The van der Waals surface area contributed by atoms with E-state index < -0.39 is 0 Å². The third-order valence-electron chi connectivity index (χ3n) is 2.98. The van der Waals surface area contributed by atoms with E-state index in [0.717, 1.165) is 0 Å². The first-order valence-corrected chi connectivity index (χ1v) is 6.87. The van der Waals surface area contributed by atoms with Crippen LogP contribution in [0.15, 0.2) is 18.2 Å². The van der Waals surface area contributed by atoms with E-state index >= 15 is 0 Å². The average molecular weight is 301 g/mol. The lowest BCUT2D eigenvalue weighted by Crippen LogP contribution is -2.41. The van der Waals surface area contributed by atoms with Gasteiger partial charge in [-0.2, -0.15) is 0 Å². The molecule has 0 spiro atoms. The van der Waals surface area contributed by atoms with Crippen LogP contribution in [-0.2, 0) is 0 Å². The monoisotopic (exact) mass is 300 g/mol. The van der Waals surface area contributed by atoms with Crippen molar-refractivity contribution in [3.63, 3.8) is 0 Å². The SMILES string of the molecule is COc1ccc(Cl)c(NC(=O)NC(CCO)C(C)C)c1. The number of benzene rings is 1. The molecule has 2 amide bonds. The first-order valence-electron chi connectivity index (χ1n) is 6.49. The van der Waals surface area contributed by atoms with Gasteiger partial charge in [-0.3, -0.25) is 0 Å². The molecule has 6 heteroatoms. The standard InChI is InChI=1S/C14H21ClN2O3/c1-9(2)12(6-7-18)16-14(19)17-13-8-10(20-3)4-5-11(13)15/h4-5,8-9,12,18H,6-7H2,1-3H3,(H2,16,17,19). The smallest absolute Gasteiger partial charge is 0.319 e. The van der Waals surface area contributed by atoms with Crippen LogP contribution in [0.1, 0.15) is 20.3 Å². The Bertz CT molecular complexity index is 452. The molecule has 0 fully saturated rings. The highest BCUT2D eigenvalue weighted by molar-refractivity contribution is 6.33. The van der Waals surface area contributed by atoms with Crippen molar-refractivity contribution >= 4 is 23.3 Å². The molecule has 1 aromatic rings. The van der Waals surface area contributed by atoms with Crippen LogP contribution in [0, 0.1) is 5.92 Å².